The van der Waals surface area contributed by atoms with Crippen LogP contribution in [0.4, 0.5) is 0 Å². The van der Waals surface area contributed by atoms with E-state index >= 15 is 0 Å². The lowest BCUT2D eigenvalue weighted by Gasteiger charge is -2.66. The highest BCUT2D eigenvalue weighted by atomic mass is 16.5. The van der Waals surface area contributed by atoms with Crippen molar-refractivity contribution in [2.75, 3.05) is 0 Å². The van der Waals surface area contributed by atoms with Gasteiger partial charge in [-0.25, -0.2) is 0 Å². The third-order valence-electron chi connectivity index (χ3n) is 10.7. The molecule has 1 saturated heterocycles. The fraction of sp³-hybridized carbons (Fsp3) is 0.679. The zero-order valence-electron chi connectivity index (χ0n) is 19.9. The van der Waals surface area contributed by atoms with Crippen LogP contribution in [0.2, 0.25) is 0 Å². The van der Waals surface area contributed by atoms with E-state index in [0.29, 0.717) is 11.8 Å². The van der Waals surface area contributed by atoms with Crippen molar-refractivity contribution in [1.82, 2.24) is 4.98 Å². The lowest BCUT2D eigenvalue weighted by Crippen LogP contribution is -2.66. The normalized spacial score (nSPS) is 43.3. The number of aromatic nitrogens is 1. The van der Waals surface area contributed by atoms with Gasteiger partial charge in [0.1, 0.15) is 6.29 Å². The fourth-order valence-corrected chi connectivity index (χ4v) is 8.83. The molecule has 2 saturated carbocycles. The molecule has 4 nitrogen and oxygen atoms in total. The van der Waals surface area contributed by atoms with Crippen molar-refractivity contribution in [2.45, 2.75) is 95.9 Å². The molecule has 7 atom stereocenters. The van der Waals surface area contributed by atoms with Gasteiger partial charge in [-0.1, -0.05) is 32.0 Å². The predicted molar refractivity (Wildman–Crippen MR) is 126 cm³/mol. The van der Waals surface area contributed by atoms with Crippen molar-refractivity contribution in [3.8, 4) is 0 Å². The number of para-hydroxylation sites is 1. The van der Waals surface area contributed by atoms with Gasteiger partial charge in [0.05, 0.1) is 23.2 Å². The van der Waals surface area contributed by atoms with Gasteiger partial charge in [0.2, 0.25) is 0 Å². The largest absolute Gasteiger partial charge is 0.388 e. The number of hydrogen-bond acceptors (Lipinski definition) is 3. The first-order valence-electron chi connectivity index (χ1n) is 12.6. The number of benzene rings is 1. The molecule has 0 bridgehead atoms. The highest BCUT2D eigenvalue weighted by Crippen LogP contribution is 2.70. The molecule has 0 radical (unpaired) electrons. The van der Waals surface area contributed by atoms with Gasteiger partial charge in [-0.3, -0.25) is 0 Å². The van der Waals surface area contributed by atoms with Crippen LogP contribution >= 0.6 is 0 Å². The number of carbonyl (C=O) groups is 1. The van der Waals surface area contributed by atoms with Crippen LogP contribution in [0.5, 0.6) is 0 Å². The molecule has 2 N–H and O–H groups in total. The summed E-state index contributed by atoms with van der Waals surface area (Å²) in [5.41, 5.74) is 2.97. The van der Waals surface area contributed by atoms with Crippen molar-refractivity contribution in [3.05, 3.63) is 35.5 Å². The topological polar surface area (TPSA) is 62.3 Å². The highest BCUT2D eigenvalue weighted by Gasteiger charge is 2.69. The first-order chi connectivity index (χ1) is 15.1. The zero-order chi connectivity index (χ0) is 22.5. The number of carbonyl (C=O) groups excluding carboxylic acids is 1. The molecule has 1 aliphatic heterocycles. The second-order valence-corrected chi connectivity index (χ2v) is 12.2. The van der Waals surface area contributed by atoms with E-state index in [9.17, 15) is 9.90 Å². The molecule has 172 valence electrons. The Morgan fingerprint density at radius 3 is 2.66 bits per heavy atom. The van der Waals surface area contributed by atoms with Crippen molar-refractivity contribution >= 4 is 17.2 Å². The molecule has 2 aromatic rings. The van der Waals surface area contributed by atoms with E-state index in [-0.39, 0.29) is 23.0 Å². The van der Waals surface area contributed by atoms with Gasteiger partial charge < -0.3 is 19.6 Å². The summed E-state index contributed by atoms with van der Waals surface area (Å²) in [5.74, 6) is 0.941. The van der Waals surface area contributed by atoms with Crippen LogP contribution in [0.25, 0.3) is 10.9 Å². The van der Waals surface area contributed by atoms with Crippen LogP contribution in [0.15, 0.2) is 24.3 Å². The number of H-pyrrole nitrogens is 1. The van der Waals surface area contributed by atoms with Crippen LogP contribution < -0.4 is 0 Å². The average Bonchev–Trinajstić information content (AvgIpc) is 3.27. The smallest absolute Gasteiger partial charge is 0.129 e. The van der Waals surface area contributed by atoms with Gasteiger partial charge in [-0.15, -0.1) is 0 Å². The molecule has 0 unspecified atom stereocenters. The third kappa shape index (κ3) is 2.38. The Morgan fingerprint density at radius 2 is 1.91 bits per heavy atom. The molecule has 4 heteroatoms. The first-order valence-corrected chi connectivity index (χ1v) is 12.6. The Morgan fingerprint density at radius 1 is 1.12 bits per heavy atom. The Bertz CT molecular complexity index is 1080. The van der Waals surface area contributed by atoms with Crippen molar-refractivity contribution < 1.29 is 14.6 Å². The van der Waals surface area contributed by atoms with E-state index in [1.54, 1.807) is 0 Å². The van der Waals surface area contributed by atoms with Crippen LogP contribution in [-0.4, -0.2) is 34.2 Å². The summed E-state index contributed by atoms with van der Waals surface area (Å²) in [6, 6.07) is 8.73. The number of hydrogen-bond donors (Lipinski definition) is 2. The minimum absolute atomic E-state index is 0.0400. The minimum atomic E-state index is -0.871. The maximum absolute atomic E-state index is 12.9. The third-order valence-corrected chi connectivity index (χ3v) is 10.7. The van der Waals surface area contributed by atoms with Gasteiger partial charge in [-0.2, -0.15) is 0 Å². The maximum atomic E-state index is 12.9. The summed E-state index contributed by atoms with van der Waals surface area (Å²) in [7, 11) is 0. The monoisotopic (exact) mass is 435 g/mol. The number of aldehydes is 1. The quantitative estimate of drug-likeness (QED) is 0.628. The lowest BCUT2D eigenvalue weighted by molar-refractivity contribution is -0.240. The molecule has 3 aliphatic carbocycles. The SMILES string of the molecule is CC(C)(O)[C@H]1CC[C@]2(C=O)[C@H]3CC[C@@H]4Cc5c([nH]c6ccccc56)[C@]4(C)[C@@]3(C)CC[C@H]2O1. The fourth-order valence-electron chi connectivity index (χ4n) is 8.83. The summed E-state index contributed by atoms with van der Waals surface area (Å²) < 4.78 is 6.52. The van der Waals surface area contributed by atoms with Gasteiger partial charge in [0, 0.05) is 22.0 Å². The van der Waals surface area contributed by atoms with Crippen LogP contribution in [0.3, 0.4) is 0 Å². The molecule has 2 heterocycles. The van der Waals surface area contributed by atoms with Crippen LogP contribution in [0.1, 0.15) is 77.5 Å². The van der Waals surface area contributed by atoms with Gasteiger partial charge in [0.15, 0.2) is 0 Å². The number of rotatable bonds is 2. The number of ether oxygens (including phenoxy) is 1. The molecule has 0 spiro atoms. The summed E-state index contributed by atoms with van der Waals surface area (Å²) in [5, 5.41) is 12.0. The standard InChI is InChI=1S/C28H37NO3/c1-25(2,31)22-12-14-28(16-30)21-10-9-17-15-19-18-7-5-6-8-20(18)29-24(19)27(17,4)26(21,3)13-11-23(28)32-22/h5-8,16-17,21-23,29,31H,9-15H2,1-4H3/t17-,21+,22-,23-,26+,27-,28+/m1/s1. The number of aliphatic hydroxyl groups is 1. The first kappa shape index (κ1) is 20.9. The molecule has 4 aliphatic rings. The summed E-state index contributed by atoms with van der Waals surface area (Å²) in [4.78, 5) is 16.8. The highest BCUT2D eigenvalue weighted by molar-refractivity contribution is 5.86. The van der Waals surface area contributed by atoms with E-state index in [1.165, 1.54) is 34.9 Å². The molecule has 6 rings (SSSR count). The van der Waals surface area contributed by atoms with E-state index in [0.717, 1.165) is 38.5 Å². The number of aromatic amines is 1. The Hall–Kier alpha value is -1.65. The zero-order valence-corrected chi connectivity index (χ0v) is 19.9. The summed E-state index contributed by atoms with van der Waals surface area (Å²) >= 11 is 0. The second kappa shape index (κ2) is 6.48. The van der Waals surface area contributed by atoms with Gasteiger partial charge >= 0.3 is 0 Å². The van der Waals surface area contributed by atoms with E-state index in [1.807, 2.05) is 13.8 Å². The Balaban J connectivity index is 1.45. The second-order valence-electron chi connectivity index (χ2n) is 12.2. The molecule has 3 fully saturated rings. The molecule has 32 heavy (non-hydrogen) atoms. The maximum Gasteiger partial charge on any atom is 0.129 e. The molecular formula is C28H37NO3. The average molecular weight is 436 g/mol. The predicted octanol–water partition coefficient (Wildman–Crippen LogP) is 5.31. The lowest BCUT2D eigenvalue weighted by atomic mass is 9.39. The van der Waals surface area contributed by atoms with Crippen molar-refractivity contribution in [1.29, 1.82) is 0 Å². The Labute approximate surface area is 191 Å². The molecule has 1 aromatic carbocycles. The van der Waals surface area contributed by atoms with Crippen LogP contribution in [-0.2, 0) is 21.4 Å². The summed E-state index contributed by atoms with van der Waals surface area (Å²) in [6.45, 7) is 8.64. The van der Waals surface area contributed by atoms with E-state index < -0.39 is 11.0 Å². The van der Waals surface area contributed by atoms with Crippen molar-refractivity contribution in [2.24, 2.45) is 22.7 Å². The van der Waals surface area contributed by atoms with E-state index in [4.69, 9.17) is 4.74 Å². The van der Waals surface area contributed by atoms with Crippen molar-refractivity contribution in [3.63, 3.8) is 0 Å². The molecule has 1 aromatic heterocycles. The number of fused-ring (bicyclic) bond motifs is 9. The molecular weight excluding hydrogens is 398 g/mol. The Kier molecular flexibility index (Phi) is 4.23. The van der Waals surface area contributed by atoms with E-state index in [2.05, 4.69) is 43.1 Å². The van der Waals surface area contributed by atoms with Gasteiger partial charge in [-0.05, 0) is 87.7 Å². The minimum Gasteiger partial charge on any atom is -0.388 e. The van der Waals surface area contributed by atoms with Gasteiger partial charge in [0.25, 0.3) is 0 Å². The summed E-state index contributed by atoms with van der Waals surface area (Å²) in [6.07, 6.45) is 7.97. The molecule has 0 amide bonds. The number of nitrogens with one attached hydrogen (secondary N) is 1. The van der Waals surface area contributed by atoms with Crippen LogP contribution in [0, 0.1) is 22.7 Å².